The van der Waals surface area contributed by atoms with Gasteiger partial charge in [-0.1, -0.05) is 25.0 Å². The van der Waals surface area contributed by atoms with Crippen molar-refractivity contribution in [3.05, 3.63) is 24.3 Å². The van der Waals surface area contributed by atoms with Gasteiger partial charge in [0.05, 0.1) is 18.9 Å². The largest absolute Gasteiger partial charge is 0.495 e. The van der Waals surface area contributed by atoms with E-state index in [4.69, 9.17) is 9.47 Å². The molecule has 1 atom stereocenters. The summed E-state index contributed by atoms with van der Waals surface area (Å²) in [4.78, 5) is 6.74. The highest BCUT2D eigenvalue weighted by atomic mass is 16.5. The van der Waals surface area contributed by atoms with Crippen LogP contribution in [0.25, 0.3) is 0 Å². The van der Waals surface area contributed by atoms with Gasteiger partial charge in [-0.05, 0) is 37.8 Å². The predicted molar refractivity (Wildman–Crippen MR) is 111 cm³/mol. The molecule has 2 aliphatic rings. The lowest BCUT2D eigenvalue weighted by Crippen LogP contribution is -2.45. The standard InChI is InChI=1S/C21H34N4O2/c1-22-21(23-13-7-15-27-18-8-3-4-9-18)24-17-12-14-25(16-17)19-10-5-6-11-20(19)26-2/h5-6,10-11,17-18H,3-4,7-9,12-16H2,1-2H3,(H2,22,23,24). The van der Waals surface area contributed by atoms with Gasteiger partial charge in [-0.25, -0.2) is 0 Å². The summed E-state index contributed by atoms with van der Waals surface area (Å²) in [6.07, 6.45) is 7.72. The molecule has 0 aromatic heterocycles. The fourth-order valence-electron chi connectivity index (χ4n) is 3.96. The van der Waals surface area contributed by atoms with Crippen molar-refractivity contribution < 1.29 is 9.47 Å². The van der Waals surface area contributed by atoms with E-state index in [-0.39, 0.29) is 0 Å². The van der Waals surface area contributed by atoms with E-state index in [0.717, 1.165) is 56.5 Å². The molecule has 150 valence electrons. The Bertz CT molecular complexity index is 602. The molecule has 0 spiro atoms. The third-order valence-corrected chi connectivity index (χ3v) is 5.45. The predicted octanol–water partition coefficient (Wildman–Crippen LogP) is 2.79. The first-order valence-corrected chi connectivity index (χ1v) is 10.3. The number of hydrogen-bond donors (Lipinski definition) is 2. The quantitative estimate of drug-likeness (QED) is 0.416. The van der Waals surface area contributed by atoms with Crippen molar-refractivity contribution in [1.82, 2.24) is 10.6 Å². The zero-order valence-electron chi connectivity index (χ0n) is 16.7. The third-order valence-electron chi connectivity index (χ3n) is 5.45. The molecule has 1 aromatic carbocycles. The number of rotatable bonds is 8. The Labute approximate surface area is 163 Å². The fraction of sp³-hybridized carbons (Fsp3) is 0.667. The van der Waals surface area contributed by atoms with Crippen LogP contribution in [-0.4, -0.2) is 58.5 Å². The molecule has 1 unspecified atom stereocenters. The zero-order chi connectivity index (χ0) is 18.9. The normalized spacial score (nSPS) is 20.9. The van der Waals surface area contributed by atoms with Crippen LogP contribution in [0, 0.1) is 0 Å². The summed E-state index contributed by atoms with van der Waals surface area (Å²) in [6, 6.07) is 8.60. The summed E-state index contributed by atoms with van der Waals surface area (Å²) in [5.41, 5.74) is 1.16. The Hall–Kier alpha value is -1.95. The molecule has 2 fully saturated rings. The lowest BCUT2D eigenvalue weighted by molar-refractivity contribution is 0.0574. The summed E-state index contributed by atoms with van der Waals surface area (Å²) < 4.78 is 11.4. The molecule has 1 saturated carbocycles. The molecule has 27 heavy (non-hydrogen) atoms. The molecule has 1 heterocycles. The van der Waals surface area contributed by atoms with Gasteiger partial charge in [0.1, 0.15) is 5.75 Å². The smallest absolute Gasteiger partial charge is 0.191 e. The van der Waals surface area contributed by atoms with Gasteiger partial charge in [-0.3, -0.25) is 4.99 Å². The van der Waals surface area contributed by atoms with Crippen molar-refractivity contribution in [1.29, 1.82) is 0 Å². The maximum Gasteiger partial charge on any atom is 0.191 e. The van der Waals surface area contributed by atoms with Gasteiger partial charge < -0.3 is 25.0 Å². The van der Waals surface area contributed by atoms with Crippen molar-refractivity contribution in [2.24, 2.45) is 4.99 Å². The number of ether oxygens (including phenoxy) is 2. The summed E-state index contributed by atoms with van der Waals surface area (Å²) >= 11 is 0. The molecule has 1 aromatic rings. The Morgan fingerprint density at radius 3 is 2.81 bits per heavy atom. The number of aliphatic imine (C=N–C) groups is 1. The molecule has 6 nitrogen and oxygen atoms in total. The monoisotopic (exact) mass is 374 g/mol. The van der Waals surface area contributed by atoms with Gasteiger partial charge >= 0.3 is 0 Å². The van der Waals surface area contributed by atoms with E-state index >= 15 is 0 Å². The topological polar surface area (TPSA) is 58.1 Å². The van der Waals surface area contributed by atoms with Crippen molar-refractivity contribution >= 4 is 11.6 Å². The summed E-state index contributed by atoms with van der Waals surface area (Å²) in [6.45, 7) is 3.69. The van der Waals surface area contributed by atoms with Crippen molar-refractivity contribution in [3.8, 4) is 5.75 Å². The fourth-order valence-corrected chi connectivity index (χ4v) is 3.96. The van der Waals surface area contributed by atoms with Crippen LogP contribution >= 0.6 is 0 Å². The summed E-state index contributed by atoms with van der Waals surface area (Å²) in [7, 11) is 3.56. The van der Waals surface area contributed by atoms with Crippen LogP contribution in [0.4, 0.5) is 5.69 Å². The van der Waals surface area contributed by atoms with Crippen LogP contribution in [0.5, 0.6) is 5.75 Å². The molecule has 0 amide bonds. The second kappa shape index (κ2) is 10.4. The van der Waals surface area contributed by atoms with Crippen LogP contribution < -0.4 is 20.3 Å². The second-order valence-corrected chi connectivity index (χ2v) is 7.38. The van der Waals surface area contributed by atoms with E-state index in [1.165, 1.54) is 25.7 Å². The van der Waals surface area contributed by atoms with E-state index in [1.54, 1.807) is 7.11 Å². The molecule has 6 heteroatoms. The maximum absolute atomic E-state index is 5.92. The number of nitrogens with zero attached hydrogens (tertiary/aromatic N) is 2. The Morgan fingerprint density at radius 1 is 1.22 bits per heavy atom. The highest BCUT2D eigenvalue weighted by Gasteiger charge is 2.25. The number of methoxy groups -OCH3 is 1. The van der Waals surface area contributed by atoms with Crippen LogP contribution in [0.1, 0.15) is 38.5 Å². The molecule has 2 N–H and O–H groups in total. The minimum absolute atomic E-state index is 0.385. The van der Waals surface area contributed by atoms with Crippen molar-refractivity contribution in [2.45, 2.75) is 50.7 Å². The first kappa shape index (κ1) is 19.8. The van der Waals surface area contributed by atoms with E-state index in [9.17, 15) is 0 Å². The molecular weight excluding hydrogens is 340 g/mol. The lowest BCUT2D eigenvalue weighted by atomic mass is 10.2. The highest BCUT2D eigenvalue weighted by molar-refractivity contribution is 5.80. The van der Waals surface area contributed by atoms with Crippen LogP contribution in [0.3, 0.4) is 0 Å². The number of guanidine groups is 1. The van der Waals surface area contributed by atoms with Gasteiger partial charge in [0, 0.05) is 39.3 Å². The van der Waals surface area contributed by atoms with Crippen LogP contribution in [0.2, 0.25) is 0 Å². The number of hydrogen-bond acceptors (Lipinski definition) is 4. The molecule has 0 radical (unpaired) electrons. The van der Waals surface area contributed by atoms with E-state index in [2.05, 4.69) is 32.7 Å². The molecule has 1 aliphatic carbocycles. The van der Waals surface area contributed by atoms with Gasteiger partial charge in [0.25, 0.3) is 0 Å². The van der Waals surface area contributed by atoms with Crippen LogP contribution in [0.15, 0.2) is 29.3 Å². The number of para-hydroxylation sites is 2. The second-order valence-electron chi connectivity index (χ2n) is 7.38. The van der Waals surface area contributed by atoms with E-state index in [0.29, 0.717) is 12.1 Å². The third kappa shape index (κ3) is 5.76. The molecule has 0 bridgehead atoms. The number of benzene rings is 1. The zero-order valence-corrected chi connectivity index (χ0v) is 16.7. The summed E-state index contributed by atoms with van der Waals surface area (Å²) in [5, 5.41) is 6.96. The minimum Gasteiger partial charge on any atom is -0.495 e. The van der Waals surface area contributed by atoms with Crippen molar-refractivity contribution in [2.75, 3.05) is 45.3 Å². The lowest BCUT2D eigenvalue weighted by Gasteiger charge is -2.22. The highest BCUT2D eigenvalue weighted by Crippen LogP contribution is 2.30. The Balaban J connectivity index is 1.37. The first-order chi connectivity index (χ1) is 13.3. The molecule has 3 rings (SSSR count). The van der Waals surface area contributed by atoms with E-state index < -0.39 is 0 Å². The van der Waals surface area contributed by atoms with E-state index in [1.807, 2.05) is 19.2 Å². The van der Waals surface area contributed by atoms with Gasteiger partial charge in [0.2, 0.25) is 0 Å². The van der Waals surface area contributed by atoms with Gasteiger partial charge in [-0.2, -0.15) is 0 Å². The van der Waals surface area contributed by atoms with Crippen LogP contribution in [-0.2, 0) is 4.74 Å². The SMILES string of the molecule is CN=C(NCCCOC1CCCC1)NC1CCN(c2ccccc2OC)C1. The number of nitrogens with one attached hydrogen (secondary N) is 2. The molecule has 1 saturated heterocycles. The minimum atomic E-state index is 0.385. The van der Waals surface area contributed by atoms with Crippen molar-refractivity contribution in [3.63, 3.8) is 0 Å². The average molecular weight is 375 g/mol. The average Bonchev–Trinajstić information content (AvgIpc) is 3.38. The Morgan fingerprint density at radius 2 is 2.04 bits per heavy atom. The number of anilines is 1. The molecule has 1 aliphatic heterocycles. The maximum atomic E-state index is 5.92. The molecular formula is C21H34N4O2. The first-order valence-electron chi connectivity index (χ1n) is 10.3. The Kier molecular flexibility index (Phi) is 7.63. The summed E-state index contributed by atoms with van der Waals surface area (Å²) in [5.74, 6) is 1.81. The van der Waals surface area contributed by atoms with Gasteiger partial charge in [-0.15, -0.1) is 0 Å². The van der Waals surface area contributed by atoms with Gasteiger partial charge in [0.15, 0.2) is 5.96 Å².